The van der Waals surface area contributed by atoms with E-state index in [-0.39, 0.29) is 44.1 Å². The summed E-state index contributed by atoms with van der Waals surface area (Å²) in [4.78, 5) is 18.1. The zero-order valence-corrected chi connectivity index (χ0v) is 17.8. The average molecular weight is 553 g/mol. The van der Waals surface area contributed by atoms with Gasteiger partial charge in [0.25, 0.3) is 5.91 Å². The Balaban J connectivity index is 0.00000182. The summed E-state index contributed by atoms with van der Waals surface area (Å²) in [5.41, 5.74) is 0. The van der Waals surface area contributed by atoms with Crippen molar-refractivity contribution in [2.45, 2.75) is 18.3 Å². The fourth-order valence-electron chi connectivity index (χ4n) is 2.75. The van der Waals surface area contributed by atoms with E-state index >= 15 is 0 Å². The number of nitrogens with zero attached hydrogens (tertiary/aromatic N) is 2. The van der Waals surface area contributed by atoms with Gasteiger partial charge in [-0.3, -0.25) is 14.7 Å². The Morgan fingerprint density at radius 1 is 1.08 bits per heavy atom. The number of furan rings is 3. The van der Waals surface area contributed by atoms with E-state index in [1.165, 1.54) is 29.9 Å². The van der Waals surface area contributed by atoms with Crippen molar-refractivity contribution in [1.29, 1.82) is 0 Å². The van der Waals surface area contributed by atoms with Crippen LogP contribution >= 0.6 is 0 Å². The number of carbonyl (C=O) groups excluding carboxylic acids is 1. The molecule has 1 fully saturated rings. The first-order valence-corrected chi connectivity index (χ1v) is 7.39. The molecule has 0 spiro atoms. The molecule has 1 N–H and O–H groups in total. The second kappa shape index (κ2) is 7.73. The molecule has 1 amide bonds. The number of aliphatic imine (C=N–C) groups is 1. The van der Waals surface area contributed by atoms with Gasteiger partial charge < -0.3 is 18.4 Å². The van der Waals surface area contributed by atoms with Crippen LogP contribution in [0.2, 0.25) is 0 Å². The first kappa shape index (κ1) is 18.2. The quantitative estimate of drug-likeness (QED) is 0.388. The minimum absolute atomic E-state index is 0. The Morgan fingerprint density at radius 3 is 2.44 bits per heavy atom. The predicted octanol–water partition coefficient (Wildman–Crippen LogP) is 2.53. The number of carbonyl (C=O) groups is 1. The van der Waals surface area contributed by atoms with E-state index in [2.05, 4.69) is 4.99 Å². The average Bonchev–Trinajstić information content (AvgIpc) is 3.35. The first-order chi connectivity index (χ1) is 11.8. The maximum Gasteiger partial charge on any atom is 0.256 e. The second-order valence-electron chi connectivity index (χ2n) is 5.33. The summed E-state index contributed by atoms with van der Waals surface area (Å²) in [6.07, 6.45) is 4.17. The van der Waals surface area contributed by atoms with E-state index in [0.29, 0.717) is 17.3 Å². The van der Waals surface area contributed by atoms with Crippen molar-refractivity contribution < 1.29 is 67.2 Å². The number of hydrogen-bond donors (Lipinski definition) is 1. The molecule has 1 radical (unpaired) electrons. The van der Waals surface area contributed by atoms with Crippen molar-refractivity contribution in [3.63, 3.8) is 0 Å². The summed E-state index contributed by atoms with van der Waals surface area (Å²) in [6, 6.07) is 9.73. The second-order valence-corrected chi connectivity index (χ2v) is 5.33. The fourth-order valence-corrected chi connectivity index (χ4v) is 2.75. The van der Waals surface area contributed by atoms with Gasteiger partial charge in [0.05, 0.1) is 25.0 Å². The number of hydrogen-bond acceptors (Lipinski definition) is 6. The molecule has 1 saturated heterocycles. The third-order valence-corrected chi connectivity index (χ3v) is 3.89. The summed E-state index contributed by atoms with van der Waals surface area (Å²) in [5, 5.41) is 10.1. The van der Waals surface area contributed by atoms with Gasteiger partial charge in [-0.1, -0.05) is 0 Å². The summed E-state index contributed by atoms with van der Waals surface area (Å²) in [6.45, 7) is 0. The maximum atomic E-state index is 12.3. The van der Waals surface area contributed by atoms with Crippen LogP contribution in [0.1, 0.15) is 29.5 Å². The zero-order valence-electron chi connectivity index (χ0n) is 13.1. The van der Waals surface area contributed by atoms with Crippen molar-refractivity contribution in [2.24, 2.45) is 4.99 Å². The number of β-lactam (4-membered cyclic amide) rings is 1. The number of rotatable bonds is 5. The smallest absolute Gasteiger partial charge is 0.256 e. The molecule has 1 aliphatic heterocycles. The van der Waals surface area contributed by atoms with Crippen LogP contribution in [-0.4, -0.2) is 28.2 Å². The van der Waals surface area contributed by atoms with E-state index in [0.717, 1.165) is 0 Å². The van der Waals surface area contributed by atoms with Crippen LogP contribution in [0.4, 0.5) is 0 Å². The fraction of sp³-hybridized carbons (Fsp3) is 0.176. The molecular weight excluding hydrogens is 539 g/mol. The molecule has 0 aromatic carbocycles. The van der Waals surface area contributed by atoms with Gasteiger partial charge in [-0.2, -0.15) is 0 Å². The molecule has 1 unspecified atom stereocenters. The van der Waals surface area contributed by atoms with E-state index in [4.69, 9.17) is 13.3 Å². The molecular formula is C17H14AcN2O5. The molecule has 1 aliphatic rings. The standard InChI is InChI=1S/C17H14N2O5.Ac/c20-15-14(12-5-2-8-23-12)19(17(15)21)16(13-6-3-9-24-13)18-10-11-4-1-7-22-11;/h1-10,14-16,20H;/t14-,15+,16?;/m0./s1. The Hall–Kier alpha value is -1.62. The molecule has 0 aliphatic carbocycles. The van der Waals surface area contributed by atoms with E-state index in [1.807, 2.05) is 0 Å². The Labute approximate surface area is 178 Å². The summed E-state index contributed by atoms with van der Waals surface area (Å²) >= 11 is 0. The van der Waals surface area contributed by atoms with Gasteiger partial charge in [0.2, 0.25) is 0 Å². The summed E-state index contributed by atoms with van der Waals surface area (Å²) < 4.78 is 16.0. The van der Waals surface area contributed by atoms with Gasteiger partial charge in [0.1, 0.15) is 23.3 Å². The van der Waals surface area contributed by atoms with Gasteiger partial charge in [-0.15, -0.1) is 0 Å². The molecule has 7 nitrogen and oxygen atoms in total. The van der Waals surface area contributed by atoms with Crippen LogP contribution < -0.4 is 0 Å². The normalized spacial score (nSPS) is 21.2. The van der Waals surface area contributed by atoms with E-state index in [1.54, 1.807) is 36.4 Å². The molecule has 3 atom stereocenters. The number of aliphatic hydroxyl groups excluding tert-OH is 1. The molecule has 125 valence electrons. The predicted molar refractivity (Wildman–Crippen MR) is 82.1 cm³/mol. The Morgan fingerprint density at radius 2 is 1.80 bits per heavy atom. The third-order valence-electron chi connectivity index (χ3n) is 3.89. The molecule has 3 aromatic heterocycles. The van der Waals surface area contributed by atoms with Gasteiger partial charge in [-0.25, -0.2) is 0 Å². The monoisotopic (exact) mass is 553 g/mol. The van der Waals surface area contributed by atoms with Crippen LogP contribution in [0.3, 0.4) is 0 Å². The zero-order chi connectivity index (χ0) is 16.5. The maximum absolute atomic E-state index is 12.3. The Bertz CT molecular complexity index is 827. The van der Waals surface area contributed by atoms with Crippen molar-refractivity contribution >= 4 is 12.1 Å². The molecule has 8 heteroatoms. The van der Waals surface area contributed by atoms with Gasteiger partial charge in [0.15, 0.2) is 12.3 Å². The van der Waals surface area contributed by atoms with Crippen molar-refractivity contribution in [1.82, 2.24) is 4.90 Å². The molecule has 4 rings (SSSR count). The van der Waals surface area contributed by atoms with E-state index < -0.39 is 24.2 Å². The number of likely N-dealkylation sites (tertiary alicyclic amines) is 1. The van der Waals surface area contributed by atoms with Crippen LogP contribution in [-0.2, 0) is 4.79 Å². The van der Waals surface area contributed by atoms with Crippen LogP contribution in [0.25, 0.3) is 0 Å². The minimum Gasteiger partial charge on any atom is -0.467 e. The van der Waals surface area contributed by atoms with E-state index in [9.17, 15) is 9.90 Å². The van der Waals surface area contributed by atoms with Crippen molar-refractivity contribution in [3.05, 3.63) is 72.5 Å². The van der Waals surface area contributed by atoms with Crippen molar-refractivity contribution in [3.8, 4) is 0 Å². The minimum atomic E-state index is -1.16. The SMILES string of the molecule is O=C1[C@H](O)[C@H](c2ccco2)N1C(N=Cc1ccco1)c1ccco1.[Ac]. The summed E-state index contributed by atoms with van der Waals surface area (Å²) in [5.74, 6) is 1.09. The van der Waals surface area contributed by atoms with Gasteiger partial charge in [-0.05, 0) is 36.4 Å². The van der Waals surface area contributed by atoms with Gasteiger partial charge in [0, 0.05) is 44.1 Å². The van der Waals surface area contributed by atoms with Crippen LogP contribution in [0.5, 0.6) is 0 Å². The molecule has 3 aromatic rings. The van der Waals surface area contributed by atoms with Crippen LogP contribution in [0, 0.1) is 44.1 Å². The number of amides is 1. The summed E-state index contributed by atoms with van der Waals surface area (Å²) in [7, 11) is 0. The van der Waals surface area contributed by atoms with Crippen LogP contribution in [0.15, 0.2) is 73.4 Å². The Kier molecular flexibility index (Phi) is 5.62. The topological polar surface area (TPSA) is 92.3 Å². The molecule has 0 saturated carbocycles. The number of aliphatic hydroxyl groups is 1. The molecule has 0 bridgehead atoms. The van der Waals surface area contributed by atoms with Gasteiger partial charge >= 0.3 is 0 Å². The largest absolute Gasteiger partial charge is 0.467 e. The van der Waals surface area contributed by atoms with Crippen molar-refractivity contribution in [2.75, 3.05) is 0 Å². The molecule has 25 heavy (non-hydrogen) atoms. The third kappa shape index (κ3) is 3.39. The first-order valence-electron chi connectivity index (χ1n) is 7.39. The molecule has 4 heterocycles.